The number of halogens is 4. The van der Waals surface area contributed by atoms with Crippen molar-refractivity contribution in [2.45, 2.75) is 64.1 Å². The van der Waals surface area contributed by atoms with Gasteiger partial charge < -0.3 is 14.7 Å². The lowest BCUT2D eigenvalue weighted by Gasteiger charge is -2.42. The molecule has 2 aliphatic rings. The third-order valence-corrected chi connectivity index (χ3v) is 8.79. The lowest BCUT2D eigenvalue weighted by atomic mass is 9.84. The maximum absolute atomic E-state index is 16.1. The first-order valence-corrected chi connectivity index (χ1v) is 15.7. The summed E-state index contributed by atoms with van der Waals surface area (Å²) in [4.78, 5) is 16.6. The normalized spacial score (nSPS) is 20.2. The Morgan fingerprint density at radius 3 is 2.33 bits per heavy atom. The molecule has 0 amide bonds. The van der Waals surface area contributed by atoms with Crippen LogP contribution in [0.2, 0.25) is 0 Å². The number of nitrogens with zero attached hydrogens (tertiary/aromatic N) is 3. The molecular weight excluding hydrogens is 586 g/mol. The second-order valence-electron chi connectivity index (χ2n) is 12.1. The molecule has 0 spiro atoms. The quantitative estimate of drug-likeness (QED) is 0.260. The van der Waals surface area contributed by atoms with Crippen molar-refractivity contribution < 1.29 is 32.2 Å². The van der Waals surface area contributed by atoms with Gasteiger partial charge in [-0.3, -0.25) is 14.6 Å². The van der Waals surface area contributed by atoms with E-state index < -0.39 is 42.7 Å². The van der Waals surface area contributed by atoms with Crippen molar-refractivity contribution in [3.63, 3.8) is 0 Å². The smallest absolute Gasteiger partial charge is 0.317 e. The molecule has 1 N–H and O–H groups in total. The van der Waals surface area contributed by atoms with Crippen molar-refractivity contribution in [2.24, 2.45) is 0 Å². The van der Waals surface area contributed by atoms with Crippen LogP contribution in [0, 0.1) is 11.6 Å². The summed E-state index contributed by atoms with van der Waals surface area (Å²) in [5.41, 5.74) is 2.56. The van der Waals surface area contributed by atoms with Gasteiger partial charge in [-0.05, 0) is 80.1 Å². The van der Waals surface area contributed by atoms with E-state index >= 15 is 8.78 Å². The number of benzene rings is 3. The minimum absolute atomic E-state index is 0.0327. The predicted octanol–water partition coefficient (Wildman–Crippen LogP) is 6.91. The average Bonchev–Trinajstić information content (AvgIpc) is 3.00. The second-order valence-corrected chi connectivity index (χ2v) is 12.1. The van der Waals surface area contributed by atoms with Gasteiger partial charge in [0.05, 0.1) is 19.1 Å². The predicted molar refractivity (Wildman–Crippen MR) is 166 cm³/mol. The Bertz CT molecular complexity index is 1420. The van der Waals surface area contributed by atoms with Crippen LogP contribution in [0.15, 0.2) is 60.7 Å². The van der Waals surface area contributed by atoms with Crippen LogP contribution >= 0.6 is 0 Å². The molecule has 2 atom stereocenters. The van der Waals surface area contributed by atoms with Crippen LogP contribution in [-0.4, -0.2) is 72.6 Å². The molecule has 1 unspecified atom stereocenters. The number of rotatable bonds is 9. The molecule has 0 radical (unpaired) electrons. The number of hydrogen-bond acceptors (Lipinski definition) is 5. The first-order valence-electron chi connectivity index (χ1n) is 15.7. The largest absolute Gasteiger partial charge is 0.489 e. The van der Waals surface area contributed by atoms with Crippen LogP contribution in [0.3, 0.4) is 0 Å². The molecule has 0 aliphatic carbocycles. The van der Waals surface area contributed by atoms with Crippen LogP contribution in [0.1, 0.15) is 60.9 Å². The third kappa shape index (κ3) is 8.35. The fraction of sp³-hybridized carbons (Fsp3) is 0.457. The summed E-state index contributed by atoms with van der Waals surface area (Å²) in [5, 5.41) is 9.22. The van der Waals surface area contributed by atoms with Gasteiger partial charge in [0.15, 0.2) is 0 Å². The molecular formula is C35H41F4N3O3. The van der Waals surface area contributed by atoms with Gasteiger partial charge in [-0.1, -0.05) is 42.8 Å². The van der Waals surface area contributed by atoms with E-state index in [1.54, 1.807) is 19.1 Å². The maximum atomic E-state index is 16.1. The Morgan fingerprint density at radius 1 is 0.933 bits per heavy atom. The zero-order valence-electron chi connectivity index (χ0n) is 25.6. The van der Waals surface area contributed by atoms with E-state index in [9.17, 15) is 18.7 Å². The van der Waals surface area contributed by atoms with Crippen LogP contribution in [0.4, 0.5) is 23.2 Å². The van der Waals surface area contributed by atoms with Crippen LogP contribution in [-0.2, 0) is 17.8 Å². The van der Waals surface area contributed by atoms with Gasteiger partial charge in [0.2, 0.25) is 0 Å². The van der Waals surface area contributed by atoms with Crippen molar-refractivity contribution in [1.29, 1.82) is 0 Å². The van der Waals surface area contributed by atoms with Gasteiger partial charge in [-0.25, -0.2) is 17.6 Å². The van der Waals surface area contributed by atoms with Gasteiger partial charge >= 0.3 is 5.97 Å². The fourth-order valence-electron chi connectivity index (χ4n) is 6.64. The van der Waals surface area contributed by atoms with Gasteiger partial charge in [0.25, 0.3) is 6.43 Å². The summed E-state index contributed by atoms with van der Waals surface area (Å²) < 4.78 is 65.9. The lowest BCUT2D eigenvalue weighted by Crippen LogP contribution is -2.45. The van der Waals surface area contributed by atoms with E-state index in [0.29, 0.717) is 62.6 Å². The number of hydrogen-bond donors (Lipinski definition) is 1. The first kappa shape index (κ1) is 32.8. The Kier molecular flexibility index (Phi) is 11.0. The molecule has 6 nitrogen and oxygen atoms in total. The Hall–Kier alpha value is -3.63. The molecule has 1 fully saturated rings. The fourth-order valence-corrected chi connectivity index (χ4v) is 6.64. The summed E-state index contributed by atoms with van der Waals surface area (Å²) in [6.45, 7) is 3.93. The summed E-state index contributed by atoms with van der Waals surface area (Å²) in [6, 6.07) is 16.2. The third-order valence-electron chi connectivity index (χ3n) is 8.79. The average molecular weight is 628 g/mol. The van der Waals surface area contributed by atoms with Gasteiger partial charge in [-0.2, -0.15) is 0 Å². The molecule has 5 rings (SSSR count). The highest BCUT2D eigenvalue weighted by molar-refractivity contribution is 5.69. The highest BCUT2D eigenvalue weighted by Gasteiger charge is 2.38. The van der Waals surface area contributed by atoms with Gasteiger partial charge in [0, 0.05) is 36.9 Å². The topological polar surface area (TPSA) is 56.3 Å². The van der Waals surface area contributed by atoms with E-state index in [1.807, 2.05) is 46.2 Å². The zero-order chi connectivity index (χ0) is 31.9. The van der Waals surface area contributed by atoms with Crippen LogP contribution in [0.5, 0.6) is 5.75 Å². The molecule has 2 heterocycles. The number of carboxylic acid groups (broad SMARTS) is 1. The lowest BCUT2D eigenvalue weighted by molar-refractivity contribution is -0.138. The number of aliphatic carboxylic acids is 1. The van der Waals surface area contributed by atoms with Crippen molar-refractivity contribution in [1.82, 2.24) is 9.80 Å². The van der Waals surface area contributed by atoms with E-state index in [-0.39, 0.29) is 12.1 Å². The Labute approximate surface area is 262 Å². The number of carboxylic acids is 1. The SMILES string of the molecule is C[C@@H]1Cc2cc(OCc3ccccc3)ccc2C(c2c(F)cc(N3CCCCCN(CC(=O)O)CCC3)cc2F)N1CC(F)F. The highest BCUT2D eigenvalue weighted by Crippen LogP contribution is 2.42. The zero-order valence-corrected chi connectivity index (χ0v) is 25.6. The minimum atomic E-state index is -2.68. The minimum Gasteiger partial charge on any atom is -0.489 e. The number of carbonyl (C=O) groups is 1. The first-order chi connectivity index (χ1) is 21.7. The number of anilines is 1. The van der Waals surface area contributed by atoms with E-state index in [2.05, 4.69) is 0 Å². The standard InChI is InChI=1S/C35H41F4N3O3/c1-24-17-26-18-28(45-23-25-9-4-2-5-10-25)11-12-29(26)35(42(24)21-32(38)39)34-30(36)19-27(20-31(34)37)41-15-7-3-6-13-40(14-8-16-41)22-33(43)44/h2,4-5,9-12,18-20,24,32,35H,3,6-8,13-17,21-23H2,1H3,(H,43,44)/t24-,35?/m1/s1. The number of alkyl halides is 2. The molecule has 45 heavy (non-hydrogen) atoms. The molecule has 0 aromatic heterocycles. The van der Waals surface area contributed by atoms with Crippen LogP contribution < -0.4 is 9.64 Å². The molecule has 3 aromatic rings. The molecule has 0 bridgehead atoms. The molecule has 10 heteroatoms. The van der Waals surface area contributed by atoms with Crippen molar-refractivity contribution >= 4 is 11.7 Å². The Balaban J connectivity index is 1.43. The highest BCUT2D eigenvalue weighted by atomic mass is 19.3. The monoisotopic (exact) mass is 627 g/mol. The van der Waals surface area contributed by atoms with Crippen molar-refractivity contribution in [2.75, 3.05) is 44.2 Å². The van der Waals surface area contributed by atoms with Crippen LogP contribution in [0.25, 0.3) is 0 Å². The van der Waals surface area contributed by atoms with Gasteiger partial charge in [0.1, 0.15) is 24.0 Å². The molecule has 242 valence electrons. The number of fused-ring (bicyclic) bond motifs is 1. The molecule has 2 aliphatic heterocycles. The molecule has 0 saturated carbocycles. The van der Waals surface area contributed by atoms with Crippen molar-refractivity contribution in [3.05, 3.63) is 94.6 Å². The van der Waals surface area contributed by atoms with E-state index in [1.165, 1.54) is 17.0 Å². The van der Waals surface area contributed by atoms with E-state index in [0.717, 1.165) is 30.4 Å². The maximum Gasteiger partial charge on any atom is 0.317 e. The van der Waals surface area contributed by atoms with E-state index in [4.69, 9.17) is 4.74 Å². The van der Waals surface area contributed by atoms with Crippen molar-refractivity contribution in [3.8, 4) is 5.75 Å². The summed E-state index contributed by atoms with van der Waals surface area (Å²) >= 11 is 0. The number of ether oxygens (including phenoxy) is 1. The molecule has 1 saturated heterocycles. The van der Waals surface area contributed by atoms with Gasteiger partial charge in [-0.15, -0.1) is 0 Å². The summed E-state index contributed by atoms with van der Waals surface area (Å²) in [7, 11) is 0. The second kappa shape index (κ2) is 15.1. The Morgan fingerprint density at radius 2 is 1.62 bits per heavy atom. The molecule has 3 aromatic carbocycles. The summed E-state index contributed by atoms with van der Waals surface area (Å²) in [6.07, 6.45) is 0.922. The summed E-state index contributed by atoms with van der Waals surface area (Å²) in [5.74, 6) is -1.82.